The Kier molecular flexibility index (Phi) is 14.8. The molecular formula is C50H63ClN2O8S. The first kappa shape index (κ1) is 45.7. The van der Waals surface area contributed by atoms with E-state index in [9.17, 15) is 18.3 Å². The second kappa shape index (κ2) is 20.0. The zero-order valence-corrected chi connectivity index (χ0v) is 38.4. The van der Waals surface area contributed by atoms with Crippen LogP contribution in [0.4, 0.5) is 5.69 Å². The molecule has 0 saturated heterocycles. The third-order valence-electron chi connectivity index (χ3n) is 12.8. The van der Waals surface area contributed by atoms with Gasteiger partial charge in [0.05, 0.1) is 37.3 Å². The molecule has 3 aliphatic rings. The number of esters is 1. The fourth-order valence-corrected chi connectivity index (χ4v) is 10.7. The van der Waals surface area contributed by atoms with Gasteiger partial charge >= 0.3 is 5.97 Å². The van der Waals surface area contributed by atoms with E-state index in [4.69, 9.17) is 30.5 Å². The summed E-state index contributed by atoms with van der Waals surface area (Å²) in [7, 11) is -0.381. The minimum Gasteiger partial charge on any atom is -0.497 e. The summed E-state index contributed by atoms with van der Waals surface area (Å²) in [6.07, 6.45) is 6.54. The maximum atomic E-state index is 14.0. The van der Waals surface area contributed by atoms with Crippen LogP contribution in [0.25, 0.3) is 0 Å². The molecule has 62 heavy (non-hydrogen) atoms. The number of carbonyl (C=O) groups is 1. The summed E-state index contributed by atoms with van der Waals surface area (Å²) in [5, 5.41) is 12.5. The number of aliphatic hydroxyl groups is 1. The molecule has 1 aliphatic heterocycles. The summed E-state index contributed by atoms with van der Waals surface area (Å²) in [4.78, 5) is 15.7. The largest absolute Gasteiger partial charge is 0.497 e. The highest BCUT2D eigenvalue weighted by Crippen LogP contribution is 2.51. The number of hydrogen-bond acceptors (Lipinski definition) is 9. The first-order chi connectivity index (χ1) is 29.7. The monoisotopic (exact) mass is 886 g/mol. The van der Waals surface area contributed by atoms with Gasteiger partial charge in [-0.2, -0.15) is 4.31 Å². The Morgan fingerprint density at radius 3 is 2.16 bits per heavy atom. The number of nitrogens with zero attached hydrogens (tertiary/aromatic N) is 2. The second-order valence-corrected chi connectivity index (χ2v) is 20.9. The molecule has 10 nitrogen and oxygen atoms in total. The maximum Gasteiger partial charge on any atom is 0.338 e. The number of sulfonamides is 1. The predicted molar refractivity (Wildman–Crippen MR) is 245 cm³/mol. The van der Waals surface area contributed by atoms with Crippen LogP contribution < -0.4 is 19.1 Å². The van der Waals surface area contributed by atoms with Crippen LogP contribution in [-0.4, -0.2) is 68.6 Å². The molecule has 0 bridgehead atoms. The summed E-state index contributed by atoms with van der Waals surface area (Å²) in [6, 6.07) is 26.6. The lowest BCUT2D eigenvalue weighted by Crippen LogP contribution is -2.44. The molecule has 0 spiro atoms. The van der Waals surface area contributed by atoms with E-state index in [0.717, 1.165) is 91.9 Å². The molecule has 2 aliphatic carbocycles. The molecule has 5 atom stereocenters. The molecule has 2 fully saturated rings. The van der Waals surface area contributed by atoms with Gasteiger partial charge in [-0.1, -0.05) is 41.9 Å². The highest BCUT2D eigenvalue weighted by molar-refractivity contribution is 7.89. The Morgan fingerprint density at radius 2 is 1.55 bits per heavy atom. The molecule has 0 radical (unpaired) electrons. The topological polar surface area (TPSA) is 115 Å². The van der Waals surface area contributed by atoms with Crippen molar-refractivity contribution in [2.24, 2.45) is 23.7 Å². The third-order valence-corrected chi connectivity index (χ3v) is 14.9. The first-order valence-electron chi connectivity index (χ1n) is 22.1. The maximum absolute atomic E-state index is 14.0. The van der Waals surface area contributed by atoms with Gasteiger partial charge in [0.15, 0.2) is 0 Å². The van der Waals surface area contributed by atoms with Crippen LogP contribution in [0.2, 0.25) is 5.02 Å². The van der Waals surface area contributed by atoms with Crippen molar-refractivity contribution in [1.82, 2.24) is 4.31 Å². The number of fused-ring (bicyclic) bond motifs is 2. The van der Waals surface area contributed by atoms with Crippen molar-refractivity contribution in [1.29, 1.82) is 0 Å². The first-order valence-corrected chi connectivity index (χ1v) is 24.1. The molecule has 1 heterocycles. The molecule has 7 rings (SSSR count). The van der Waals surface area contributed by atoms with Crippen LogP contribution in [0, 0.1) is 23.7 Å². The lowest BCUT2D eigenvalue weighted by molar-refractivity contribution is -0.00154. The summed E-state index contributed by atoms with van der Waals surface area (Å²) < 4.78 is 52.4. The second-order valence-electron chi connectivity index (χ2n) is 18.4. The van der Waals surface area contributed by atoms with Gasteiger partial charge in [0.2, 0.25) is 10.0 Å². The summed E-state index contributed by atoms with van der Waals surface area (Å²) in [5.74, 6) is 2.72. The Bertz CT molecular complexity index is 2190. The molecular weight excluding hydrogens is 824 g/mol. The highest BCUT2D eigenvalue weighted by Gasteiger charge is 2.49. The van der Waals surface area contributed by atoms with E-state index in [1.165, 1.54) is 5.56 Å². The van der Waals surface area contributed by atoms with Gasteiger partial charge in [-0.3, -0.25) is 0 Å². The van der Waals surface area contributed by atoms with Crippen molar-refractivity contribution < 1.29 is 37.3 Å². The quantitative estimate of drug-likeness (QED) is 0.110. The standard InChI is InChI=1S/C50H63ClN2O8S/c1-50(2,3)61-49(55)38-17-24-47-46(29-38)52(25-7-6-9-36-27-41(51)18-15-40(36)33-60-47)32-39-16-23-44(39)48(54)45-28-37(45)10-8-26-62(56,57)53(30-34-11-19-42(58-4)20-12-34)31-35-13-21-43(59-5)22-14-35/h11-15,17-22,24,27,29,37,39,44-45,48,54H,6-10,16,23,25-26,28,30-33H2,1-5H3/t37-,39+,44-,45-,48-/m1/s1. The Morgan fingerprint density at radius 1 is 0.871 bits per heavy atom. The van der Waals surface area contributed by atoms with Crippen LogP contribution >= 0.6 is 11.6 Å². The van der Waals surface area contributed by atoms with Gasteiger partial charge < -0.3 is 29.0 Å². The molecule has 4 aromatic rings. The minimum atomic E-state index is -3.61. The van der Waals surface area contributed by atoms with Gasteiger partial charge in [0, 0.05) is 31.2 Å². The number of aliphatic hydroxyl groups excluding tert-OH is 1. The van der Waals surface area contributed by atoms with Gasteiger partial charge in [0.1, 0.15) is 29.5 Å². The van der Waals surface area contributed by atoms with E-state index in [2.05, 4.69) is 4.90 Å². The van der Waals surface area contributed by atoms with E-state index in [0.29, 0.717) is 35.3 Å². The van der Waals surface area contributed by atoms with Crippen LogP contribution in [0.3, 0.4) is 0 Å². The van der Waals surface area contributed by atoms with E-state index >= 15 is 0 Å². The molecule has 0 amide bonds. The molecule has 1 N–H and O–H groups in total. The summed E-state index contributed by atoms with van der Waals surface area (Å²) in [5.41, 5.74) is 4.78. The Hall–Kier alpha value is -4.29. The lowest BCUT2D eigenvalue weighted by atomic mass is 9.69. The van der Waals surface area contributed by atoms with E-state index in [1.54, 1.807) is 24.6 Å². The smallest absolute Gasteiger partial charge is 0.338 e. The average molecular weight is 888 g/mol. The SMILES string of the molecule is COc1ccc(CN(Cc2ccc(OC)cc2)S(=O)(=O)CCC[C@@H]2C[C@H]2[C@H](O)[C@@H]2CC[C@H]2CN2CCCCc3cc(Cl)ccc3COc3ccc(C(=O)OC(C)(C)C)cc32)cc1. The molecule has 2 saturated carbocycles. The van der Waals surface area contributed by atoms with Crippen molar-refractivity contribution in [3.63, 3.8) is 0 Å². The number of halogens is 1. The minimum absolute atomic E-state index is 0.0462. The normalized spacial score (nSPS) is 20.7. The fraction of sp³-hybridized carbons (Fsp3) is 0.500. The van der Waals surface area contributed by atoms with Crippen molar-refractivity contribution in [2.45, 2.75) is 104 Å². The number of rotatable bonds is 16. The van der Waals surface area contributed by atoms with E-state index in [-0.39, 0.29) is 42.6 Å². The van der Waals surface area contributed by atoms with Crippen LogP contribution in [-0.2, 0) is 40.9 Å². The number of hydrogen-bond donors (Lipinski definition) is 1. The Labute approximate surface area is 373 Å². The van der Waals surface area contributed by atoms with Crippen molar-refractivity contribution >= 4 is 33.3 Å². The van der Waals surface area contributed by atoms with Crippen LogP contribution in [0.15, 0.2) is 84.9 Å². The van der Waals surface area contributed by atoms with Crippen molar-refractivity contribution in [2.75, 3.05) is 38.0 Å². The van der Waals surface area contributed by atoms with Crippen molar-refractivity contribution in [3.8, 4) is 17.2 Å². The number of aryl methyl sites for hydroxylation is 1. The summed E-state index contributed by atoms with van der Waals surface area (Å²) in [6.45, 7) is 8.02. The average Bonchev–Trinajstić information content (AvgIpc) is 4.02. The van der Waals surface area contributed by atoms with Gasteiger partial charge in [-0.15, -0.1) is 0 Å². The molecule has 4 aromatic carbocycles. The molecule has 0 aromatic heterocycles. The molecule has 12 heteroatoms. The number of anilines is 1. The molecule has 0 unspecified atom stereocenters. The zero-order chi connectivity index (χ0) is 44.0. The zero-order valence-electron chi connectivity index (χ0n) is 36.9. The number of ether oxygens (including phenoxy) is 4. The summed E-state index contributed by atoms with van der Waals surface area (Å²) >= 11 is 6.40. The number of benzene rings is 4. The van der Waals surface area contributed by atoms with Crippen molar-refractivity contribution in [3.05, 3.63) is 118 Å². The lowest BCUT2D eigenvalue weighted by Gasteiger charge is -2.43. The van der Waals surface area contributed by atoms with Crippen LogP contribution in [0.5, 0.6) is 17.2 Å². The fourth-order valence-electron chi connectivity index (χ4n) is 9.07. The third kappa shape index (κ3) is 11.8. The van der Waals surface area contributed by atoms with Gasteiger partial charge in [-0.25, -0.2) is 13.2 Å². The predicted octanol–water partition coefficient (Wildman–Crippen LogP) is 9.87. The Balaban J connectivity index is 0.991. The highest BCUT2D eigenvalue weighted by atomic mass is 35.5. The molecule has 334 valence electrons. The van der Waals surface area contributed by atoms with E-state index in [1.807, 2.05) is 99.6 Å². The number of carbonyl (C=O) groups excluding carboxylic acids is 1. The van der Waals surface area contributed by atoms with Crippen LogP contribution in [0.1, 0.15) is 98.3 Å². The van der Waals surface area contributed by atoms with Gasteiger partial charge in [-0.05, 0) is 173 Å². The van der Waals surface area contributed by atoms with Gasteiger partial charge in [0.25, 0.3) is 0 Å². The van der Waals surface area contributed by atoms with E-state index < -0.39 is 21.7 Å². The number of methoxy groups -OCH3 is 2.